The molecular formula is C28H37N5O. The second kappa shape index (κ2) is 9.53. The van der Waals surface area contributed by atoms with Crippen molar-refractivity contribution in [1.82, 2.24) is 4.98 Å². The number of carbonyl (C=O) groups excluding carboxylic acids is 1. The molecule has 0 radical (unpaired) electrons. The first-order chi connectivity index (χ1) is 16.1. The number of nitrogens with two attached hydrogens (primary N) is 1. The molecule has 6 heteroatoms. The monoisotopic (exact) mass is 459 g/mol. The van der Waals surface area contributed by atoms with Gasteiger partial charge in [0.2, 0.25) is 0 Å². The van der Waals surface area contributed by atoms with Gasteiger partial charge in [-0.2, -0.15) is 0 Å². The van der Waals surface area contributed by atoms with Crippen molar-refractivity contribution in [2.75, 3.05) is 29.2 Å². The number of benzene rings is 2. The van der Waals surface area contributed by atoms with Crippen LogP contribution in [0.5, 0.6) is 0 Å². The van der Waals surface area contributed by atoms with Crippen molar-refractivity contribution in [3.05, 3.63) is 60.2 Å². The number of pyridine rings is 1. The standard InChI is InChI=1S/C28H37N5O/c1-28(2,3)22-11-7-9-13-24(22)33(27(29)34)20-16-14-19(15-17-20)30-26-18-25(32(4)5)21-10-6-8-12-23(21)31-26/h6-13,18-20H,14-17H2,1-5H3,(H2,29,34)(H,30,31). The van der Waals surface area contributed by atoms with Crippen LogP contribution in [-0.2, 0) is 5.41 Å². The normalized spacial score (nSPS) is 18.5. The Hall–Kier alpha value is -3.28. The number of anilines is 3. The fraction of sp³-hybridized carbons (Fsp3) is 0.429. The molecule has 2 amide bonds. The molecule has 2 aromatic carbocycles. The van der Waals surface area contributed by atoms with Crippen LogP contribution in [0.1, 0.15) is 52.0 Å². The Labute approximate surface area is 203 Å². The fourth-order valence-corrected chi connectivity index (χ4v) is 5.10. The van der Waals surface area contributed by atoms with E-state index in [1.165, 1.54) is 0 Å². The van der Waals surface area contributed by atoms with Gasteiger partial charge in [-0.3, -0.25) is 4.90 Å². The minimum atomic E-state index is -0.375. The minimum Gasteiger partial charge on any atom is -0.377 e. The van der Waals surface area contributed by atoms with Crippen LogP contribution in [0.2, 0.25) is 0 Å². The Kier molecular flexibility index (Phi) is 6.69. The van der Waals surface area contributed by atoms with Gasteiger partial charge < -0.3 is 16.0 Å². The van der Waals surface area contributed by atoms with Gasteiger partial charge in [0.1, 0.15) is 5.82 Å². The number of para-hydroxylation sites is 2. The third-order valence-electron chi connectivity index (χ3n) is 6.80. The first kappa shape index (κ1) is 23.9. The third-order valence-corrected chi connectivity index (χ3v) is 6.80. The Balaban J connectivity index is 1.51. The van der Waals surface area contributed by atoms with Crippen LogP contribution >= 0.6 is 0 Å². The number of primary amides is 1. The molecular weight excluding hydrogens is 422 g/mol. The molecule has 0 aliphatic heterocycles. The lowest BCUT2D eigenvalue weighted by molar-refractivity contribution is 0.248. The van der Waals surface area contributed by atoms with E-state index in [2.05, 4.69) is 69.3 Å². The quantitative estimate of drug-likeness (QED) is 0.498. The lowest BCUT2D eigenvalue weighted by atomic mass is 9.84. The van der Waals surface area contributed by atoms with Crippen LogP contribution in [0.15, 0.2) is 54.6 Å². The van der Waals surface area contributed by atoms with Crippen molar-refractivity contribution >= 4 is 34.1 Å². The van der Waals surface area contributed by atoms with E-state index in [-0.39, 0.29) is 17.5 Å². The number of aromatic nitrogens is 1. The second-order valence-corrected chi connectivity index (χ2v) is 10.6. The van der Waals surface area contributed by atoms with E-state index in [4.69, 9.17) is 10.7 Å². The van der Waals surface area contributed by atoms with Crippen LogP contribution < -0.4 is 20.9 Å². The van der Waals surface area contributed by atoms with Gasteiger partial charge in [0.05, 0.1) is 5.52 Å². The van der Waals surface area contributed by atoms with Crippen molar-refractivity contribution < 1.29 is 4.79 Å². The summed E-state index contributed by atoms with van der Waals surface area (Å²) in [5.41, 5.74) is 10.1. The Morgan fingerprint density at radius 1 is 0.971 bits per heavy atom. The summed E-state index contributed by atoms with van der Waals surface area (Å²) < 4.78 is 0. The van der Waals surface area contributed by atoms with Crippen molar-refractivity contribution in [3.8, 4) is 0 Å². The molecule has 4 rings (SSSR count). The van der Waals surface area contributed by atoms with Crippen LogP contribution in [0, 0.1) is 0 Å². The summed E-state index contributed by atoms with van der Waals surface area (Å²) in [7, 11) is 4.12. The Morgan fingerprint density at radius 2 is 1.62 bits per heavy atom. The van der Waals surface area contributed by atoms with Crippen LogP contribution in [0.25, 0.3) is 10.9 Å². The molecule has 1 aliphatic rings. The molecule has 0 spiro atoms. The zero-order chi connectivity index (χ0) is 24.5. The molecule has 34 heavy (non-hydrogen) atoms. The highest BCUT2D eigenvalue weighted by Gasteiger charge is 2.32. The summed E-state index contributed by atoms with van der Waals surface area (Å²) in [6, 6.07) is 18.6. The van der Waals surface area contributed by atoms with Crippen LogP contribution in [0.3, 0.4) is 0 Å². The van der Waals surface area contributed by atoms with E-state index < -0.39 is 0 Å². The van der Waals surface area contributed by atoms with Gasteiger partial charge in [-0.25, -0.2) is 9.78 Å². The second-order valence-electron chi connectivity index (χ2n) is 10.6. The number of amides is 2. The van der Waals surface area contributed by atoms with Crippen LogP contribution in [-0.4, -0.2) is 37.2 Å². The highest BCUT2D eigenvalue weighted by atomic mass is 16.2. The maximum Gasteiger partial charge on any atom is 0.319 e. The Morgan fingerprint density at radius 3 is 2.26 bits per heavy atom. The average molecular weight is 460 g/mol. The fourth-order valence-electron chi connectivity index (χ4n) is 5.10. The molecule has 1 fully saturated rings. The number of nitrogens with one attached hydrogen (secondary N) is 1. The number of hydrogen-bond donors (Lipinski definition) is 2. The predicted octanol–water partition coefficient (Wildman–Crippen LogP) is 5.91. The minimum absolute atomic E-state index is 0.0745. The molecule has 1 heterocycles. The van der Waals surface area contributed by atoms with Crippen LogP contribution in [0.4, 0.5) is 22.0 Å². The molecule has 0 bridgehead atoms. The number of urea groups is 1. The number of rotatable bonds is 5. The highest BCUT2D eigenvalue weighted by molar-refractivity contribution is 5.93. The van der Waals surface area contributed by atoms with E-state index in [1.807, 2.05) is 35.2 Å². The van der Waals surface area contributed by atoms with Gasteiger partial charge in [-0.1, -0.05) is 57.2 Å². The molecule has 1 aliphatic carbocycles. The van der Waals surface area contributed by atoms with E-state index in [0.717, 1.165) is 59.3 Å². The van der Waals surface area contributed by atoms with Crippen molar-refractivity contribution in [2.24, 2.45) is 5.73 Å². The maximum atomic E-state index is 12.6. The van der Waals surface area contributed by atoms with Gasteiger partial charge in [0.15, 0.2) is 0 Å². The van der Waals surface area contributed by atoms with Crippen molar-refractivity contribution in [1.29, 1.82) is 0 Å². The lowest BCUT2D eigenvalue weighted by Crippen LogP contribution is -2.47. The number of fused-ring (bicyclic) bond motifs is 1. The number of carbonyl (C=O) groups is 1. The first-order valence-corrected chi connectivity index (χ1v) is 12.2. The van der Waals surface area contributed by atoms with Crippen molar-refractivity contribution in [3.63, 3.8) is 0 Å². The lowest BCUT2D eigenvalue weighted by Gasteiger charge is -2.38. The third kappa shape index (κ3) is 4.96. The molecule has 180 valence electrons. The zero-order valence-electron chi connectivity index (χ0n) is 21.0. The molecule has 0 unspecified atom stereocenters. The Bertz CT molecular complexity index is 1160. The summed E-state index contributed by atoms with van der Waals surface area (Å²) >= 11 is 0. The first-order valence-electron chi connectivity index (χ1n) is 12.2. The SMILES string of the molecule is CN(C)c1cc(NC2CCC(N(C(N)=O)c3ccccc3C(C)(C)C)CC2)nc2ccccc12. The predicted molar refractivity (Wildman–Crippen MR) is 143 cm³/mol. The average Bonchev–Trinajstić information content (AvgIpc) is 2.79. The highest BCUT2D eigenvalue weighted by Crippen LogP contribution is 2.36. The molecule has 1 aromatic heterocycles. The van der Waals surface area contributed by atoms with Gasteiger partial charge in [-0.15, -0.1) is 0 Å². The molecule has 0 saturated heterocycles. The van der Waals surface area contributed by atoms with E-state index >= 15 is 0 Å². The van der Waals surface area contributed by atoms with Crippen molar-refractivity contribution in [2.45, 2.75) is 64.0 Å². The summed E-state index contributed by atoms with van der Waals surface area (Å²) in [5, 5.41) is 4.81. The molecule has 6 nitrogen and oxygen atoms in total. The molecule has 3 aromatic rings. The molecule has 0 atom stereocenters. The van der Waals surface area contributed by atoms with E-state index in [9.17, 15) is 4.79 Å². The summed E-state index contributed by atoms with van der Waals surface area (Å²) in [6.45, 7) is 6.51. The summed E-state index contributed by atoms with van der Waals surface area (Å²) in [5.74, 6) is 0.899. The maximum absolute atomic E-state index is 12.6. The van der Waals surface area contributed by atoms with E-state index in [1.54, 1.807) is 0 Å². The van der Waals surface area contributed by atoms with Gasteiger partial charge in [-0.05, 0) is 48.8 Å². The number of hydrogen-bond acceptors (Lipinski definition) is 4. The van der Waals surface area contributed by atoms with Gasteiger partial charge in [0.25, 0.3) is 0 Å². The number of nitrogens with zero attached hydrogens (tertiary/aromatic N) is 3. The summed E-state index contributed by atoms with van der Waals surface area (Å²) in [6.07, 6.45) is 3.70. The summed E-state index contributed by atoms with van der Waals surface area (Å²) in [4.78, 5) is 21.4. The molecule has 1 saturated carbocycles. The van der Waals surface area contributed by atoms with Gasteiger partial charge >= 0.3 is 6.03 Å². The molecule has 3 N–H and O–H groups in total. The van der Waals surface area contributed by atoms with E-state index in [0.29, 0.717) is 6.04 Å². The largest absolute Gasteiger partial charge is 0.377 e. The zero-order valence-corrected chi connectivity index (χ0v) is 21.0. The van der Waals surface area contributed by atoms with Gasteiger partial charge in [0, 0.05) is 49.0 Å². The smallest absolute Gasteiger partial charge is 0.319 e. The topological polar surface area (TPSA) is 74.5 Å².